The van der Waals surface area contributed by atoms with Crippen molar-refractivity contribution in [3.05, 3.63) is 48.4 Å². The largest absolute Gasteiger partial charge is 0.377 e. The monoisotopic (exact) mass is 283 g/mol. The van der Waals surface area contributed by atoms with Crippen molar-refractivity contribution in [3.8, 4) is 0 Å². The SMILES string of the molecule is c1cc(CN[C@H]2COC[C@H]2n2ccnn2)c2[nH]ccc2c1. The van der Waals surface area contributed by atoms with Gasteiger partial charge in [0.05, 0.1) is 31.5 Å². The fourth-order valence-electron chi connectivity index (χ4n) is 2.93. The summed E-state index contributed by atoms with van der Waals surface area (Å²) in [7, 11) is 0. The maximum Gasteiger partial charge on any atom is 0.0945 e. The van der Waals surface area contributed by atoms with E-state index in [2.05, 4.69) is 44.9 Å². The van der Waals surface area contributed by atoms with Crippen molar-refractivity contribution in [1.29, 1.82) is 0 Å². The lowest BCUT2D eigenvalue weighted by Crippen LogP contribution is -2.36. The van der Waals surface area contributed by atoms with E-state index >= 15 is 0 Å². The summed E-state index contributed by atoms with van der Waals surface area (Å²) in [4.78, 5) is 3.30. The minimum absolute atomic E-state index is 0.204. The van der Waals surface area contributed by atoms with Crippen LogP contribution in [0.2, 0.25) is 0 Å². The Labute approximate surface area is 122 Å². The lowest BCUT2D eigenvalue weighted by atomic mass is 10.1. The average Bonchev–Trinajstić information content (AvgIpc) is 3.23. The van der Waals surface area contributed by atoms with Gasteiger partial charge >= 0.3 is 0 Å². The van der Waals surface area contributed by atoms with Crippen LogP contribution in [-0.4, -0.2) is 39.2 Å². The van der Waals surface area contributed by atoms with Crippen molar-refractivity contribution in [3.63, 3.8) is 0 Å². The van der Waals surface area contributed by atoms with E-state index in [1.165, 1.54) is 16.5 Å². The molecule has 3 aromatic rings. The van der Waals surface area contributed by atoms with Gasteiger partial charge in [-0.1, -0.05) is 23.4 Å². The van der Waals surface area contributed by atoms with Crippen molar-refractivity contribution in [2.75, 3.05) is 13.2 Å². The summed E-state index contributed by atoms with van der Waals surface area (Å²) in [6.07, 6.45) is 5.57. The van der Waals surface area contributed by atoms with Crippen LogP contribution >= 0.6 is 0 Å². The van der Waals surface area contributed by atoms with E-state index in [0.29, 0.717) is 13.2 Å². The maximum absolute atomic E-state index is 5.60. The third-order valence-corrected chi connectivity index (χ3v) is 4.06. The molecule has 1 aliphatic heterocycles. The van der Waals surface area contributed by atoms with Crippen molar-refractivity contribution >= 4 is 10.9 Å². The van der Waals surface area contributed by atoms with E-state index in [4.69, 9.17) is 4.74 Å². The second kappa shape index (κ2) is 5.31. The lowest BCUT2D eigenvalue weighted by Gasteiger charge is -2.19. The number of aromatic amines is 1. The highest BCUT2D eigenvalue weighted by atomic mass is 16.5. The molecule has 0 aliphatic carbocycles. The number of fused-ring (bicyclic) bond motifs is 1. The number of ether oxygens (including phenoxy) is 1. The van der Waals surface area contributed by atoms with Crippen molar-refractivity contribution in [2.24, 2.45) is 0 Å². The second-order valence-electron chi connectivity index (χ2n) is 5.33. The van der Waals surface area contributed by atoms with E-state index in [-0.39, 0.29) is 12.1 Å². The molecule has 0 amide bonds. The predicted octanol–water partition coefficient (Wildman–Crippen LogP) is 1.49. The number of rotatable bonds is 4. The van der Waals surface area contributed by atoms with Gasteiger partial charge in [0.1, 0.15) is 0 Å². The molecule has 21 heavy (non-hydrogen) atoms. The summed E-state index contributed by atoms with van der Waals surface area (Å²) < 4.78 is 7.47. The Morgan fingerprint density at radius 1 is 1.33 bits per heavy atom. The number of nitrogens with one attached hydrogen (secondary N) is 2. The van der Waals surface area contributed by atoms with Crippen LogP contribution in [0.1, 0.15) is 11.6 Å². The minimum atomic E-state index is 0.204. The third-order valence-electron chi connectivity index (χ3n) is 4.06. The standard InChI is InChI=1S/C15H17N5O/c1-2-11-4-5-16-15(11)12(3-1)8-17-13-9-21-10-14(13)20-7-6-18-19-20/h1-7,13-14,16-17H,8-10H2/t13-,14+/m0/s1. The first-order chi connectivity index (χ1) is 10.4. The molecule has 0 bridgehead atoms. The zero-order valence-electron chi connectivity index (χ0n) is 11.6. The molecule has 6 nitrogen and oxygen atoms in total. The van der Waals surface area contributed by atoms with Crippen molar-refractivity contribution in [2.45, 2.75) is 18.6 Å². The summed E-state index contributed by atoms with van der Waals surface area (Å²) in [5, 5.41) is 12.8. The van der Waals surface area contributed by atoms with Crippen LogP contribution in [0.15, 0.2) is 42.9 Å². The van der Waals surface area contributed by atoms with Crippen LogP contribution in [0.4, 0.5) is 0 Å². The van der Waals surface area contributed by atoms with Crippen LogP contribution in [0.5, 0.6) is 0 Å². The number of nitrogens with zero attached hydrogens (tertiary/aromatic N) is 3. The molecule has 108 valence electrons. The maximum atomic E-state index is 5.60. The molecule has 0 radical (unpaired) electrons. The first-order valence-corrected chi connectivity index (χ1v) is 7.14. The topological polar surface area (TPSA) is 67.8 Å². The zero-order valence-corrected chi connectivity index (χ0v) is 11.6. The van der Waals surface area contributed by atoms with E-state index in [1.54, 1.807) is 6.20 Å². The van der Waals surface area contributed by atoms with Gasteiger partial charge in [-0.15, -0.1) is 5.10 Å². The average molecular weight is 283 g/mol. The van der Waals surface area contributed by atoms with Gasteiger partial charge in [0.2, 0.25) is 0 Å². The molecular formula is C15H17N5O. The predicted molar refractivity (Wildman–Crippen MR) is 78.8 cm³/mol. The Balaban J connectivity index is 1.50. The normalized spacial score (nSPS) is 22.1. The van der Waals surface area contributed by atoms with Crippen LogP contribution in [-0.2, 0) is 11.3 Å². The Bertz CT molecular complexity index is 721. The van der Waals surface area contributed by atoms with Gasteiger partial charge in [-0.3, -0.25) is 0 Å². The summed E-state index contributed by atoms with van der Waals surface area (Å²) in [6.45, 7) is 2.18. The number of para-hydroxylation sites is 1. The number of benzene rings is 1. The quantitative estimate of drug-likeness (QED) is 0.761. The van der Waals surface area contributed by atoms with E-state index in [1.807, 2.05) is 17.1 Å². The Morgan fingerprint density at radius 3 is 3.24 bits per heavy atom. The number of hydrogen-bond donors (Lipinski definition) is 2. The van der Waals surface area contributed by atoms with Gasteiger partial charge in [-0.2, -0.15) is 0 Å². The fourth-order valence-corrected chi connectivity index (χ4v) is 2.93. The number of H-pyrrole nitrogens is 1. The molecule has 1 fully saturated rings. The molecule has 6 heteroatoms. The first kappa shape index (κ1) is 12.6. The second-order valence-corrected chi connectivity index (χ2v) is 5.33. The lowest BCUT2D eigenvalue weighted by molar-refractivity contribution is 0.181. The molecule has 0 spiro atoms. The van der Waals surface area contributed by atoms with Crippen molar-refractivity contribution < 1.29 is 4.74 Å². The third kappa shape index (κ3) is 2.32. The van der Waals surface area contributed by atoms with Crippen LogP contribution in [0.3, 0.4) is 0 Å². The molecule has 2 aromatic heterocycles. The molecule has 1 aromatic carbocycles. The molecule has 3 heterocycles. The first-order valence-electron chi connectivity index (χ1n) is 7.14. The molecule has 2 atom stereocenters. The number of aromatic nitrogens is 4. The number of hydrogen-bond acceptors (Lipinski definition) is 4. The van der Waals surface area contributed by atoms with Gasteiger partial charge in [-0.05, 0) is 17.0 Å². The highest BCUT2D eigenvalue weighted by Crippen LogP contribution is 2.21. The smallest absolute Gasteiger partial charge is 0.0945 e. The van der Waals surface area contributed by atoms with Gasteiger partial charge < -0.3 is 15.0 Å². The Morgan fingerprint density at radius 2 is 2.33 bits per heavy atom. The van der Waals surface area contributed by atoms with Gasteiger partial charge in [0.15, 0.2) is 0 Å². The van der Waals surface area contributed by atoms with Gasteiger partial charge in [0.25, 0.3) is 0 Å². The summed E-state index contributed by atoms with van der Waals surface area (Å²) in [5.74, 6) is 0. The van der Waals surface area contributed by atoms with E-state index in [0.717, 1.165) is 6.54 Å². The molecule has 0 saturated carbocycles. The molecule has 4 rings (SSSR count). The summed E-state index contributed by atoms with van der Waals surface area (Å²) >= 11 is 0. The van der Waals surface area contributed by atoms with Gasteiger partial charge in [-0.25, -0.2) is 4.68 Å². The van der Waals surface area contributed by atoms with Crippen LogP contribution in [0.25, 0.3) is 10.9 Å². The Kier molecular flexibility index (Phi) is 3.17. The zero-order chi connectivity index (χ0) is 14.1. The van der Waals surface area contributed by atoms with E-state index < -0.39 is 0 Å². The molecular weight excluding hydrogens is 266 g/mol. The highest BCUT2D eigenvalue weighted by molar-refractivity contribution is 5.82. The van der Waals surface area contributed by atoms with Crippen molar-refractivity contribution in [1.82, 2.24) is 25.3 Å². The fraction of sp³-hybridized carbons (Fsp3) is 0.333. The molecule has 2 N–H and O–H groups in total. The summed E-state index contributed by atoms with van der Waals surface area (Å²) in [5.41, 5.74) is 2.46. The molecule has 1 aliphatic rings. The van der Waals surface area contributed by atoms with Crippen LogP contribution < -0.4 is 5.32 Å². The highest BCUT2D eigenvalue weighted by Gasteiger charge is 2.29. The molecule has 0 unspecified atom stereocenters. The summed E-state index contributed by atoms with van der Waals surface area (Å²) in [6, 6.07) is 8.90. The van der Waals surface area contributed by atoms with E-state index in [9.17, 15) is 0 Å². The minimum Gasteiger partial charge on any atom is -0.377 e. The van der Waals surface area contributed by atoms with Gasteiger partial charge in [0, 0.05) is 24.5 Å². The molecule has 1 saturated heterocycles. The van der Waals surface area contributed by atoms with Crippen LogP contribution in [0, 0.1) is 0 Å². The Hall–Kier alpha value is -2.18.